The molecule has 4 heteroatoms. The van der Waals surface area contributed by atoms with Crippen molar-refractivity contribution in [3.05, 3.63) is 144 Å². The molecule has 1 aliphatic rings. The Kier molecular flexibility index (Phi) is 5.55. The van der Waals surface area contributed by atoms with E-state index in [2.05, 4.69) is 12.1 Å². The molecule has 0 N–H and O–H groups in total. The van der Waals surface area contributed by atoms with Gasteiger partial charge in [-0.2, -0.15) is 0 Å². The number of imide groups is 1. The molecule has 0 aromatic heterocycles. The van der Waals surface area contributed by atoms with Crippen molar-refractivity contribution in [2.75, 3.05) is 4.90 Å². The zero-order valence-corrected chi connectivity index (χ0v) is 19.8. The summed E-state index contributed by atoms with van der Waals surface area (Å²) in [6, 6.07) is 35.5. The fraction of sp³-hybridized carbons (Fsp3) is 0. The molecule has 1 heterocycles. The highest BCUT2D eigenvalue weighted by Crippen LogP contribution is 2.34. The highest BCUT2D eigenvalue weighted by Gasteiger charge is 2.34. The SMILES string of the molecule is O=C(/C=C/c1ccc(-c2ccccc2)cc1)c1ccc2c3c(cccc13)C(=O)N(c1ccccc1)C2=O. The quantitative estimate of drug-likeness (QED) is 0.152. The van der Waals surface area contributed by atoms with Crippen LogP contribution in [0.25, 0.3) is 28.0 Å². The largest absolute Gasteiger partial charge is 0.289 e. The molecule has 5 aromatic rings. The first kappa shape index (κ1) is 22.4. The van der Waals surface area contributed by atoms with Gasteiger partial charge in [-0.3, -0.25) is 14.4 Å². The van der Waals surface area contributed by atoms with Crippen molar-refractivity contribution in [3.8, 4) is 11.1 Å². The number of hydrogen-bond acceptors (Lipinski definition) is 3. The van der Waals surface area contributed by atoms with Crippen molar-refractivity contribution >= 4 is 40.1 Å². The van der Waals surface area contributed by atoms with Crippen LogP contribution in [0.4, 0.5) is 5.69 Å². The van der Waals surface area contributed by atoms with Crippen LogP contribution >= 0.6 is 0 Å². The van der Waals surface area contributed by atoms with Crippen LogP contribution < -0.4 is 4.90 Å². The second-order valence-electron chi connectivity index (χ2n) is 8.86. The second-order valence-corrected chi connectivity index (χ2v) is 8.86. The number of rotatable bonds is 5. The fourth-order valence-electron chi connectivity index (χ4n) is 4.80. The van der Waals surface area contributed by atoms with Gasteiger partial charge in [0.2, 0.25) is 0 Å². The number of nitrogens with zero attached hydrogens (tertiary/aromatic N) is 1. The molecule has 0 saturated heterocycles. The lowest BCUT2D eigenvalue weighted by molar-refractivity contribution is 0.0892. The average molecular weight is 480 g/mol. The van der Waals surface area contributed by atoms with Crippen LogP contribution in [0.5, 0.6) is 0 Å². The molecule has 37 heavy (non-hydrogen) atoms. The molecule has 0 radical (unpaired) electrons. The Labute approximate surface area is 214 Å². The minimum atomic E-state index is -0.395. The maximum Gasteiger partial charge on any atom is 0.265 e. The monoisotopic (exact) mass is 479 g/mol. The first-order chi connectivity index (χ1) is 18.1. The summed E-state index contributed by atoms with van der Waals surface area (Å²) >= 11 is 0. The molecule has 0 bridgehead atoms. The molecule has 0 aliphatic carbocycles. The first-order valence-electron chi connectivity index (χ1n) is 12.0. The van der Waals surface area contributed by atoms with Crippen molar-refractivity contribution in [3.63, 3.8) is 0 Å². The maximum absolute atomic E-state index is 13.3. The first-order valence-corrected chi connectivity index (χ1v) is 12.0. The molecule has 5 aromatic carbocycles. The van der Waals surface area contributed by atoms with Gasteiger partial charge >= 0.3 is 0 Å². The fourth-order valence-corrected chi connectivity index (χ4v) is 4.80. The average Bonchev–Trinajstić information content (AvgIpc) is 2.96. The zero-order chi connectivity index (χ0) is 25.4. The van der Waals surface area contributed by atoms with Crippen LogP contribution in [-0.2, 0) is 0 Å². The van der Waals surface area contributed by atoms with E-state index in [9.17, 15) is 14.4 Å². The molecule has 176 valence electrons. The highest BCUT2D eigenvalue weighted by molar-refractivity contribution is 6.37. The van der Waals surface area contributed by atoms with E-state index in [1.54, 1.807) is 60.7 Å². The van der Waals surface area contributed by atoms with Crippen LogP contribution in [0, 0.1) is 0 Å². The van der Waals surface area contributed by atoms with Gasteiger partial charge in [-0.05, 0) is 58.5 Å². The number of allylic oxidation sites excluding steroid dienone is 1. The molecule has 0 fully saturated rings. The van der Waals surface area contributed by atoms with Crippen molar-refractivity contribution in [2.24, 2.45) is 0 Å². The van der Waals surface area contributed by atoms with Gasteiger partial charge in [-0.25, -0.2) is 4.90 Å². The molecule has 6 rings (SSSR count). The number of carbonyl (C=O) groups excluding carboxylic acids is 3. The number of benzene rings is 5. The summed E-state index contributed by atoms with van der Waals surface area (Å²) in [6.07, 6.45) is 3.31. The van der Waals surface area contributed by atoms with Crippen molar-refractivity contribution < 1.29 is 14.4 Å². The number of para-hydroxylation sites is 1. The van der Waals surface area contributed by atoms with Crippen LogP contribution in [0.15, 0.2) is 121 Å². The van der Waals surface area contributed by atoms with Crippen LogP contribution in [0.2, 0.25) is 0 Å². The Morgan fingerprint density at radius 1 is 0.595 bits per heavy atom. The maximum atomic E-state index is 13.3. The Balaban J connectivity index is 1.33. The summed E-state index contributed by atoms with van der Waals surface area (Å²) in [6.45, 7) is 0. The Hall–Kier alpha value is -5.09. The molecule has 0 spiro atoms. The van der Waals surface area contributed by atoms with Gasteiger partial charge in [0.1, 0.15) is 0 Å². The summed E-state index contributed by atoms with van der Waals surface area (Å²) in [7, 11) is 0. The van der Waals surface area contributed by atoms with E-state index < -0.39 is 11.8 Å². The molecular weight excluding hydrogens is 458 g/mol. The summed E-state index contributed by atoms with van der Waals surface area (Å²) in [4.78, 5) is 41.1. The lowest BCUT2D eigenvalue weighted by Gasteiger charge is -2.27. The standard InChI is InChI=1S/C33H21NO3/c35-30(21-16-22-14-17-24(18-15-22)23-8-3-1-4-9-23)26-19-20-29-31-27(26)12-7-13-28(31)32(36)34(33(29)37)25-10-5-2-6-11-25/h1-21H/b21-16+. The summed E-state index contributed by atoms with van der Waals surface area (Å²) in [5.41, 5.74) is 4.92. The molecule has 0 saturated carbocycles. The summed E-state index contributed by atoms with van der Waals surface area (Å²) in [5, 5.41) is 1.12. The lowest BCUT2D eigenvalue weighted by Crippen LogP contribution is -2.40. The van der Waals surface area contributed by atoms with Crippen molar-refractivity contribution in [1.29, 1.82) is 0 Å². The second kappa shape index (κ2) is 9.17. The number of ketones is 1. The van der Waals surface area contributed by atoms with Gasteiger partial charge in [0, 0.05) is 22.1 Å². The molecular formula is C33H21NO3. The highest BCUT2D eigenvalue weighted by atomic mass is 16.2. The van der Waals surface area contributed by atoms with E-state index in [1.807, 2.05) is 48.5 Å². The summed E-state index contributed by atoms with van der Waals surface area (Å²) in [5.74, 6) is -0.984. The van der Waals surface area contributed by atoms with Crippen molar-refractivity contribution in [2.45, 2.75) is 0 Å². The zero-order valence-electron chi connectivity index (χ0n) is 19.8. The topological polar surface area (TPSA) is 54.5 Å². The predicted octanol–water partition coefficient (Wildman–Crippen LogP) is 7.20. The smallest absolute Gasteiger partial charge is 0.265 e. The Bertz CT molecular complexity index is 1680. The Morgan fingerprint density at radius 2 is 1.22 bits per heavy atom. The molecule has 2 amide bonds. The molecule has 0 unspecified atom stereocenters. The third kappa shape index (κ3) is 3.95. The van der Waals surface area contributed by atoms with E-state index in [-0.39, 0.29) is 5.78 Å². The predicted molar refractivity (Wildman–Crippen MR) is 147 cm³/mol. The normalized spacial score (nSPS) is 12.9. The van der Waals surface area contributed by atoms with Gasteiger partial charge in [0.25, 0.3) is 11.8 Å². The minimum absolute atomic E-state index is 0.193. The van der Waals surface area contributed by atoms with Crippen LogP contribution in [0.1, 0.15) is 36.6 Å². The minimum Gasteiger partial charge on any atom is -0.289 e. The third-order valence-electron chi connectivity index (χ3n) is 6.63. The van der Waals surface area contributed by atoms with Crippen LogP contribution in [-0.4, -0.2) is 17.6 Å². The van der Waals surface area contributed by atoms with Crippen molar-refractivity contribution in [1.82, 2.24) is 0 Å². The number of hydrogen-bond donors (Lipinski definition) is 0. The Morgan fingerprint density at radius 3 is 1.92 bits per heavy atom. The molecule has 4 nitrogen and oxygen atoms in total. The molecule has 1 aliphatic heterocycles. The van der Waals surface area contributed by atoms with E-state index in [0.717, 1.165) is 16.7 Å². The van der Waals surface area contributed by atoms with E-state index in [1.165, 1.54) is 11.0 Å². The van der Waals surface area contributed by atoms with Gasteiger partial charge in [-0.15, -0.1) is 0 Å². The van der Waals surface area contributed by atoms with Gasteiger partial charge in [0.15, 0.2) is 5.78 Å². The van der Waals surface area contributed by atoms with Gasteiger partial charge in [-0.1, -0.05) is 91.0 Å². The number of amides is 2. The van der Waals surface area contributed by atoms with Crippen LogP contribution in [0.3, 0.4) is 0 Å². The van der Waals surface area contributed by atoms with E-state index >= 15 is 0 Å². The van der Waals surface area contributed by atoms with Gasteiger partial charge in [0.05, 0.1) is 5.69 Å². The van der Waals surface area contributed by atoms with E-state index in [4.69, 9.17) is 0 Å². The van der Waals surface area contributed by atoms with E-state index in [0.29, 0.717) is 33.2 Å². The number of carbonyl (C=O) groups is 3. The number of anilines is 1. The van der Waals surface area contributed by atoms with Gasteiger partial charge < -0.3 is 0 Å². The summed E-state index contributed by atoms with van der Waals surface area (Å²) < 4.78 is 0. The molecule has 0 atom stereocenters. The third-order valence-corrected chi connectivity index (χ3v) is 6.63. The lowest BCUT2D eigenvalue weighted by atomic mass is 9.89.